The first kappa shape index (κ1) is 17.0. The van der Waals surface area contributed by atoms with Crippen LogP contribution in [0.15, 0.2) is 36.4 Å². The Balaban J connectivity index is 2.74. The molecule has 122 valence electrons. The minimum Gasteiger partial charge on any atom is -0.497 e. The van der Waals surface area contributed by atoms with Crippen LogP contribution in [0, 0.1) is 5.82 Å². The number of halogens is 1. The van der Waals surface area contributed by atoms with Crippen LogP contribution in [-0.4, -0.2) is 29.9 Å². The van der Waals surface area contributed by atoms with Gasteiger partial charge in [-0.25, -0.2) is 9.18 Å². The maximum atomic E-state index is 14.3. The number of carbonyl (C=O) groups is 1. The first-order chi connectivity index (χ1) is 10.8. The number of methoxy groups -OCH3 is 1. The van der Waals surface area contributed by atoms with E-state index in [1.54, 1.807) is 26.0 Å². The lowest BCUT2D eigenvalue weighted by atomic mass is 9.80. The highest BCUT2D eigenvalue weighted by atomic mass is 19.1. The molecule has 5 heteroatoms. The van der Waals surface area contributed by atoms with Gasteiger partial charge in [-0.15, -0.1) is 0 Å². The van der Waals surface area contributed by atoms with Crippen molar-refractivity contribution in [2.24, 2.45) is 0 Å². The van der Waals surface area contributed by atoms with E-state index in [9.17, 15) is 19.4 Å². The molecule has 2 aromatic carbocycles. The molecule has 0 radical (unpaired) electrons. The zero-order chi connectivity index (χ0) is 17.2. The van der Waals surface area contributed by atoms with Crippen molar-refractivity contribution >= 4 is 5.97 Å². The highest BCUT2D eigenvalue weighted by molar-refractivity contribution is 5.89. The van der Waals surface area contributed by atoms with Crippen molar-refractivity contribution in [3.63, 3.8) is 0 Å². The molecule has 0 bridgehead atoms. The van der Waals surface area contributed by atoms with E-state index in [-0.39, 0.29) is 12.2 Å². The van der Waals surface area contributed by atoms with Crippen LogP contribution in [0.4, 0.5) is 4.39 Å². The van der Waals surface area contributed by atoms with Crippen LogP contribution in [-0.2, 0) is 5.41 Å². The summed E-state index contributed by atoms with van der Waals surface area (Å²) in [5, 5.41) is 18.8. The topological polar surface area (TPSA) is 66.8 Å². The van der Waals surface area contributed by atoms with Crippen LogP contribution in [0.2, 0.25) is 0 Å². The molecule has 0 spiro atoms. The highest BCUT2D eigenvalue weighted by Gasteiger charge is 2.26. The molecule has 0 aliphatic carbocycles. The van der Waals surface area contributed by atoms with E-state index in [2.05, 4.69) is 0 Å². The summed E-state index contributed by atoms with van der Waals surface area (Å²) in [4.78, 5) is 11.2. The fraction of sp³-hybridized carbons (Fsp3) is 0.278. The van der Waals surface area contributed by atoms with E-state index in [1.165, 1.54) is 31.4 Å². The molecule has 0 saturated heterocycles. The van der Waals surface area contributed by atoms with Gasteiger partial charge in [0.25, 0.3) is 0 Å². The number of aliphatic hydroxyl groups is 1. The fourth-order valence-corrected chi connectivity index (χ4v) is 2.40. The third-order valence-corrected chi connectivity index (χ3v) is 3.85. The number of hydrogen-bond acceptors (Lipinski definition) is 3. The van der Waals surface area contributed by atoms with Gasteiger partial charge in [-0.1, -0.05) is 19.9 Å². The largest absolute Gasteiger partial charge is 0.497 e. The van der Waals surface area contributed by atoms with Crippen molar-refractivity contribution in [3.05, 3.63) is 53.3 Å². The Bertz CT molecular complexity index is 738. The Morgan fingerprint density at radius 2 is 1.87 bits per heavy atom. The van der Waals surface area contributed by atoms with E-state index < -0.39 is 17.2 Å². The SMILES string of the molecule is COc1ccc(F)c(-c2ccc(C(=O)O)cc2C(C)(C)CO)c1. The molecular formula is C18H19FO4. The molecule has 0 amide bonds. The first-order valence-corrected chi connectivity index (χ1v) is 7.12. The zero-order valence-electron chi connectivity index (χ0n) is 13.3. The second-order valence-corrected chi connectivity index (χ2v) is 5.95. The van der Waals surface area contributed by atoms with Crippen molar-refractivity contribution < 1.29 is 24.1 Å². The minimum absolute atomic E-state index is 0.0913. The van der Waals surface area contributed by atoms with Gasteiger partial charge < -0.3 is 14.9 Å². The van der Waals surface area contributed by atoms with Gasteiger partial charge in [-0.2, -0.15) is 0 Å². The summed E-state index contributed by atoms with van der Waals surface area (Å²) in [6.45, 7) is 3.35. The summed E-state index contributed by atoms with van der Waals surface area (Å²) >= 11 is 0. The van der Waals surface area contributed by atoms with Gasteiger partial charge in [-0.3, -0.25) is 0 Å². The number of aromatic carboxylic acids is 1. The van der Waals surface area contributed by atoms with Crippen molar-refractivity contribution in [1.29, 1.82) is 0 Å². The second kappa shape index (κ2) is 6.38. The maximum absolute atomic E-state index is 14.3. The van der Waals surface area contributed by atoms with Crippen molar-refractivity contribution in [3.8, 4) is 16.9 Å². The van der Waals surface area contributed by atoms with E-state index >= 15 is 0 Å². The normalized spacial score (nSPS) is 11.3. The quantitative estimate of drug-likeness (QED) is 0.886. The minimum atomic E-state index is -1.07. The first-order valence-electron chi connectivity index (χ1n) is 7.12. The van der Waals surface area contributed by atoms with Crippen LogP contribution >= 0.6 is 0 Å². The van der Waals surface area contributed by atoms with Crippen LogP contribution < -0.4 is 4.74 Å². The number of ether oxygens (including phenoxy) is 1. The molecule has 0 aromatic heterocycles. The van der Waals surface area contributed by atoms with Gasteiger partial charge in [0.05, 0.1) is 19.3 Å². The van der Waals surface area contributed by atoms with Crippen LogP contribution in [0.1, 0.15) is 29.8 Å². The van der Waals surface area contributed by atoms with Crippen LogP contribution in [0.5, 0.6) is 5.75 Å². The Labute approximate surface area is 134 Å². The highest BCUT2D eigenvalue weighted by Crippen LogP contribution is 2.36. The predicted molar refractivity (Wildman–Crippen MR) is 85.5 cm³/mol. The van der Waals surface area contributed by atoms with Gasteiger partial charge in [0.1, 0.15) is 11.6 Å². The Morgan fingerprint density at radius 3 is 2.43 bits per heavy atom. The molecule has 2 rings (SSSR count). The summed E-state index contributed by atoms with van der Waals surface area (Å²) in [5.74, 6) is -1.02. The second-order valence-electron chi connectivity index (χ2n) is 5.95. The number of benzene rings is 2. The molecule has 0 unspecified atom stereocenters. The van der Waals surface area contributed by atoms with Gasteiger partial charge in [-0.05, 0) is 41.5 Å². The lowest BCUT2D eigenvalue weighted by molar-refractivity contribution is 0.0696. The fourth-order valence-electron chi connectivity index (χ4n) is 2.40. The number of aliphatic hydroxyl groups excluding tert-OH is 1. The van der Waals surface area contributed by atoms with Gasteiger partial charge in [0.2, 0.25) is 0 Å². The summed E-state index contributed by atoms with van der Waals surface area (Å²) < 4.78 is 19.4. The molecule has 23 heavy (non-hydrogen) atoms. The van der Waals surface area contributed by atoms with E-state index in [1.807, 2.05) is 0 Å². The molecule has 2 N–H and O–H groups in total. The van der Waals surface area contributed by atoms with E-state index in [0.29, 0.717) is 22.4 Å². The molecule has 0 atom stereocenters. The molecule has 4 nitrogen and oxygen atoms in total. The standard InChI is InChI=1S/C18H19FO4/c1-18(2,10-20)15-8-11(17(21)22)4-6-13(15)14-9-12(23-3)5-7-16(14)19/h4-9,20H,10H2,1-3H3,(H,21,22). The van der Waals surface area contributed by atoms with E-state index in [0.717, 1.165) is 0 Å². The lowest BCUT2D eigenvalue weighted by Gasteiger charge is -2.26. The maximum Gasteiger partial charge on any atom is 0.335 e. The molecule has 0 fully saturated rings. The molecule has 2 aromatic rings. The Hall–Kier alpha value is -2.40. The van der Waals surface area contributed by atoms with Gasteiger partial charge in [0.15, 0.2) is 0 Å². The number of carboxylic acids is 1. The van der Waals surface area contributed by atoms with Crippen molar-refractivity contribution in [2.45, 2.75) is 19.3 Å². The summed E-state index contributed by atoms with van der Waals surface area (Å²) in [6.07, 6.45) is 0. The Kier molecular flexibility index (Phi) is 4.71. The molecule has 0 saturated carbocycles. The molecular weight excluding hydrogens is 299 g/mol. The number of rotatable bonds is 5. The number of carboxylic acid groups (broad SMARTS) is 1. The monoisotopic (exact) mass is 318 g/mol. The summed E-state index contributed by atoms with van der Waals surface area (Å²) in [6, 6.07) is 8.84. The summed E-state index contributed by atoms with van der Waals surface area (Å²) in [7, 11) is 1.49. The average Bonchev–Trinajstić information content (AvgIpc) is 2.54. The lowest BCUT2D eigenvalue weighted by Crippen LogP contribution is -2.23. The molecule has 0 aliphatic heterocycles. The third kappa shape index (κ3) is 3.35. The molecule has 0 heterocycles. The predicted octanol–water partition coefficient (Wildman–Crippen LogP) is 3.47. The van der Waals surface area contributed by atoms with Crippen LogP contribution in [0.25, 0.3) is 11.1 Å². The van der Waals surface area contributed by atoms with Crippen LogP contribution in [0.3, 0.4) is 0 Å². The van der Waals surface area contributed by atoms with Gasteiger partial charge >= 0.3 is 5.97 Å². The summed E-state index contributed by atoms with van der Waals surface area (Å²) in [5.41, 5.74) is 0.764. The number of hydrogen-bond donors (Lipinski definition) is 2. The smallest absolute Gasteiger partial charge is 0.335 e. The van der Waals surface area contributed by atoms with E-state index in [4.69, 9.17) is 4.74 Å². The average molecular weight is 318 g/mol. The zero-order valence-corrected chi connectivity index (χ0v) is 13.3. The van der Waals surface area contributed by atoms with Crippen molar-refractivity contribution in [2.75, 3.05) is 13.7 Å². The van der Waals surface area contributed by atoms with Gasteiger partial charge in [0, 0.05) is 11.0 Å². The third-order valence-electron chi connectivity index (χ3n) is 3.85. The molecule has 0 aliphatic rings. The van der Waals surface area contributed by atoms with Crippen molar-refractivity contribution in [1.82, 2.24) is 0 Å². The Morgan fingerprint density at radius 1 is 1.17 bits per heavy atom.